The quantitative estimate of drug-likeness (QED) is 0.296. The van der Waals surface area contributed by atoms with E-state index in [-0.39, 0.29) is 24.3 Å². The van der Waals surface area contributed by atoms with E-state index in [0.717, 1.165) is 33.6 Å². The van der Waals surface area contributed by atoms with Crippen molar-refractivity contribution in [3.63, 3.8) is 0 Å². The van der Waals surface area contributed by atoms with Crippen LogP contribution < -0.4 is 11.5 Å². The summed E-state index contributed by atoms with van der Waals surface area (Å²) in [4.78, 5) is 15.5. The Labute approximate surface area is 199 Å². The summed E-state index contributed by atoms with van der Waals surface area (Å²) in [5, 5.41) is 0. The first-order valence-electron chi connectivity index (χ1n) is 11.3. The van der Waals surface area contributed by atoms with Gasteiger partial charge in [0.25, 0.3) is 0 Å². The summed E-state index contributed by atoms with van der Waals surface area (Å²) >= 11 is 0. The lowest BCUT2D eigenvalue weighted by molar-refractivity contribution is 0.0933. The maximum absolute atomic E-state index is 6.19. The Hall–Kier alpha value is -3.30. The summed E-state index contributed by atoms with van der Waals surface area (Å²) < 4.78 is 10.6. The van der Waals surface area contributed by atoms with Crippen molar-refractivity contribution in [3.05, 3.63) is 72.6 Å². The number of hydrogen-bond acceptors (Lipinski definition) is 6. The third kappa shape index (κ3) is 4.95. The van der Waals surface area contributed by atoms with E-state index in [1.165, 1.54) is 0 Å². The summed E-state index contributed by atoms with van der Waals surface area (Å²) in [6.45, 7) is 3.85. The van der Waals surface area contributed by atoms with Crippen LogP contribution in [0.3, 0.4) is 0 Å². The molecule has 2 aromatic heterocycles. The monoisotopic (exact) mass is 460 g/mol. The molecule has 2 heterocycles. The van der Waals surface area contributed by atoms with Crippen LogP contribution in [0, 0.1) is 0 Å². The van der Waals surface area contributed by atoms with Gasteiger partial charge < -0.3 is 30.9 Å². The molecular formula is C26H32N6O2. The molecule has 0 unspecified atom stereocenters. The Morgan fingerprint density at radius 2 is 0.941 bits per heavy atom. The molecule has 0 fully saturated rings. The number of nitrogens with zero attached hydrogens (tertiary/aromatic N) is 2. The molecule has 8 nitrogen and oxygen atoms in total. The van der Waals surface area contributed by atoms with Crippen LogP contribution in [0.15, 0.2) is 60.9 Å². The molecule has 0 saturated carbocycles. The zero-order valence-corrected chi connectivity index (χ0v) is 19.9. The average Bonchev–Trinajstić information content (AvgIpc) is 3.58. The first-order chi connectivity index (χ1) is 16.4. The van der Waals surface area contributed by atoms with Gasteiger partial charge in [0.2, 0.25) is 0 Å². The predicted octanol–water partition coefficient (Wildman–Crippen LogP) is 4.20. The average molecular weight is 461 g/mol. The maximum atomic E-state index is 6.19. The molecule has 0 spiro atoms. The lowest BCUT2D eigenvalue weighted by Gasteiger charge is -2.15. The molecule has 4 atom stereocenters. The van der Waals surface area contributed by atoms with E-state index in [0.29, 0.717) is 11.6 Å². The van der Waals surface area contributed by atoms with E-state index in [2.05, 4.69) is 68.5 Å². The molecule has 4 rings (SSSR count). The van der Waals surface area contributed by atoms with E-state index >= 15 is 0 Å². The highest BCUT2D eigenvalue weighted by Crippen LogP contribution is 2.28. The number of methoxy groups -OCH3 is 2. The van der Waals surface area contributed by atoms with Crippen LogP contribution in [0.25, 0.3) is 33.6 Å². The van der Waals surface area contributed by atoms with Crippen molar-refractivity contribution in [1.29, 1.82) is 0 Å². The molecule has 0 aliphatic rings. The first-order valence-corrected chi connectivity index (χ1v) is 11.3. The number of imidazole rings is 2. The van der Waals surface area contributed by atoms with E-state index < -0.39 is 0 Å². The standard InChI is InChI=1S/C26H32N6O2/c1-15(33-3)23(27)25-29-13-21(31-25)19-9-5-17(6-10-19)18-7-11-20(12-8-18)22-14-30-26(32-22)24(28)16(2)34-4/h5-16,23-24H,27-28H2,1-4H3,(H,29,31)(H,30,32)/t15-,16-,23+,24+/m1/s1. The van der Waals surface area contributed by atoms with Gasteiger partial charge in [0.05, 0.1) is 48.1 Å². The smallest absolute Gasteiger partial charge is 0.126 e. The number of ether oxygens (including phenoxy) is 2. The highest BCUT2D eigenvalue weighted by molar-refractivity contribution is 5.71. The number of H-pyrrole nitrogens is 2. The van der Waals surface area contributed by atoms with Crippen molar-refractivity contribution in [1.82, 2.24) is 19.9 Å². The number of hydrogen-bond donors (Lipinski definition) is 4. The minimum Gasteiger partial charge on any atom is -0.380 e. The molecule has 0 saturated heterocycles. The lowest BCUT2D eigenvalue weighted by Crippen LogP contribution is -2.26. The largest absolute Gasteiger partial charge is 0.380 e. The second-order valence-corrected chi connectivity index (χ2v) is 8.45. The van der Waals surface area contributed by atoms with Gasteiger partial charge in [0, 0.05) is 14.2 Å². The van der Waals surface area contributed by atoms with Gasteiger partial charge in [-0.3, -0.25) is 0 Å². The molecule has 178 valence electrons. The van der Waals surface area contributed by atoms with E-state index in [1.807, 2.05) is 13.8 Å². The third-order valence-electron chi connectivity index (χ3n) is 6.30. The van der Waals surface area contributed by atoms with Gasteiger partial charge in [-0.25, -0.2) is 9.97 Å². The molecule has 8 heteroatoms. The van der Waals surface area contributed by atoms with Crippen LogP contribution in [0.2, 0.25) is 0 Å². The number of aromatic amines is 2. The molecule has 0 radical (unpaired) electrons. The summed E-state index contributed by atoms with van der Waals surface area (Å²) in [5.74, 6) is 1.42. The molecule has 0 aliphatic heterocycles. The minimum absolute atomic E-state index is 0.122. The van der Waals surface area contributed by atoms with Crippen LogP contribution in [0.5, 0.6) is 0 Å². The Kier molecular flexibility index (Phi) is 7.23. The van der Waals surface area contributed by atoms with Gasteiger partial charge in [-0.05, 0) is 36.1 Å². The van der Waals surface area contributed by atoms with Crippen molar-refractivity contribution in [2.75, 3.05) is 14.2 Å². The second-order valence-electron chi connectivity index (χ2n) is 8.45. The summed E-state index contributed by atoms with van der Waals surface area (Å²) in [6.07, 6.45) is 3.37. The van der Waals surface area contributed by atoms with Gasteiger partial charge in [0.1, 0.15) is 11.6 Å². The minimum atomic E-state index is -0.304. The second kappa shape index (κ2) is 10.3. The van der Waals surface area contributed by atoms with Crippen LogP contribution in [0.4, 0.5) is 0 Å². The number of nitrogens with two attached hydrogens (primary N) is 2. The number of benzene rings is 2. The molecule has 34 heavy (non-hydrogen) atoms. The van der Waals surface area contributed by atoms with Crippen molar-refractivity contribution in [3.8, 4) is 33.6 Å². The Morgan fingerprint density at radius 1 is 0.618 bits per heavy atom. The van der Waals surface area contributed by atoms with Crippen LogP contribution in [-0.4, -0.2) is 46.4 Å². The van der Waals surface area contributed by atoms with Crippen LogP contribution >= 0.6 is 0 Å². The fourth-order valence-corrected chi connectivity index (χ4v) is 3.73. The fraction of sp³-hybridized carbons (Fsp3) is 0.308. The van der Waals surface area contributed by atoms with E-state index in [4.69, 9.17) is 20.9 Å². The summed E-state index contributed by atoms with van der Waals surface area (Å²) in [7, 11) is 3.29. The zero-order chi connectivity index (χ0) is 24.2. The summed E-state index contributed by atoms with van der Waals surface area (Å²) in [5.41, 5.74) is 18.6. The normalized spacial score (nSPS) is 15.1. The Bertz CT molecular complexity index is 1100. The highest BCUT2D eigenvalue weighted by atomic mass is 16.5. The molecular weight excluding hydrogens is 428 g/mol. The number of nitrogens with one attached hydrogen (secondary N) is 2. The van der Waals surface area contributed by atoms with Gasteiger partial charge in [-0.2, -0.15) is 0 Å². The predicted molar refractivity (Wildman–Crippen MR) is 134 cm³/mol. The van der Waals surface area contributed by atoms with Crippen molar-refractivity contribution in [2.24, 2.45) is 11.5 Å². The Morgan fingerprint density at radius 3 is 1.26 bits per heavy atom. The maximum Gasteiger partial charge on any atom is 0.126 e. The van der Waals surface area contributed by atoms with Crippen LogP contribution in [0.1, 0.15) is 37.6 Å². The Balaban J connectivity index is 1.47. The number of aromatic nitrogens is 4. The zero-order valence-electron chi connectivity index (χ0n) is 19.9. The van der Waals surface area contributed by atoms with E-state index in [9.17, 15) is 0 Å². The first kappa shape index (κ1) is 23.8. The van der Waals surface area contributed by atoms with Crippen molar-refractivity contribution >= 4 is 0 Å². The summed E-state index contributed by atoms with van der Waals surface area (Å²) in [6, 6.07) is 16.1. The van der Waals surface area contributed by atoms with Gasteiger partial charge in [0.15, 0.2) is 0 Å². The van der Waals surface area contributed by atoms with E-state index in [1.54, 1.807) is 26.6 Å². The van der Waals surface area contributed by atoms with Crippen molar-refractivity contribution in [2.45, 2.75) is 38.1 Å². The molecule has 0 bridgehead atoms. The fourth-order valence-electron chi connectivity index (χ4n) is 3.73. The molecule has 0 aliphatic carbocycles. The molecule has 2 aromatic carbocycles. The highest BCUT2D eigenvalue weighted by Gasteiger charge is 2.19. The number of rotatable bonds is 9. The molecule has 0 amide bonds. The lowest BCUT2D eigenvalue weighted by atomic mass is 10.0. The SMILES string of the molecule is CO[C@H](C)[C@H](N)c1ncc(-c2ccc(-c3ccc(-c4cnc([C@@H](N)[C@@H](C)OC)[nH]4)cc3)cc2)[nH]1. The van der Waals surface area contributed by atoms with Crippen LogP contribution in [-0.2, 0) is 9.47 Å². The molecule has 4 aromatic rings. The van der Waals surface area contributed by atoms with Gasteiger partial charge in [-0.15, -0.1) is 0 Å². The molecule has 6 N–H and O–H groups in total. The van der Waals surface area contributed by atoms with Gasteiger partial charge in [-0.1, -0.05) is 48.5 Å². The topological polar surface area (TPSA) is 128 Å². The van der Waals surface area contributed by atoms with Gasteiger partial charge >= 0.3 is 0 Å². The third-order valence-corrected chi connectivity index (χ3v) is 6.30. The van der Waals surface area contributed by atoms with Crippen molar-refractivity contribution < 1.29 is 9.47 Å².